The second-order valence-corrected chi connectivity index (χ2v) is 4.27. The Labute approximate surface area is 105 Å². The standard InChI is InChI=1S/C13H15NO4/c1-18-10-4-2-9(3-5-10)11-6-7-14(13(16)17)12(11)8-15/h2-5,8,11-12H,6-7H2,1H3,(H,16,17)/t11-,12-/m1/s1. The molecule has 1 N–H and O–H groups in total. The first-order valence-electron chi connectivity index (χ1n) is 5.76. The van der Waals surface area contributed by atoms with Crippen LogP contribution in [-0.2, 0) is 4.79 Å². The van der Waals surface area contributed by atoms with E-state index < -0.39 is 12.1 Å². The summed E-state index contributed by atoms with van der Waals surface area (Å²) >= 11 is 0. The molecule has 1 aromatic rings. The minimum atomic E-state index is -1.04. The predicted molar refractivity (Wildman–Crippen MR) is 64.9 cm³/mol. The smallest absolute Gasteiger partial charge is 0.407 e. The highest BCUT2D eigenvalue weighted by Crippen LogP contribution is 2.33. The average molecular weight is 249 g/mol. The molecule has 5 heteroatoms. The zero-order valence-corrected chi connectivity index (χ0v) is 10.1. The van der Waals surface area contributed by atoms with Crippen LogP contribution in [0.15, 0.2) is 24.3 Å². The molecular formula is C13H15NO4. The molecule has 0 bridgehead atoms. The second-order valence-electron chi connectivity index (χ2n) is 4.27. The van der Waals surface area contributed by atoms with E-state index in [1.807, 2.05) is 24.3 Å². The van der Waals surface area contributed by atoms with E-state index in [0.717, 1.165) is 17.6 Å². The van der Waals surface area contributed by atoms with Gasteiger partial charge in [0.1, 0.15) is 12.0 Å². The number of ether oxygens (including phenoxy) is 1. The lowest BCUT2D eigenvalue weighted by Gasteiger charge is -2.20. The number of carbonyl (C=O) groups excluding carboxylic acids is 1. The molecule has 1 heterocycles. The maximum absolute atomic E-state index is 11.1. The number of amides is 1. The molecule has 0 saturated carbocycles. The van der Waals surface area contributed by atoms with Gasteiger partial charge in [-0.05, 0) is 24.1 Å². The van der Waals surface area contributed by atoms with E-state index in [1.165, 1.54) is 4.90 Å². The Kier molecular flexibility index (Phi) is 3.50. The van der Waals surface area contributed by atoms with E-state index in [2.05, 4.69) is 0 Å². The van der Waals surface area contributed by atoms with Gasteiger partial charge in [-0.3, -0.25) is 4.90 Å². The van der Waals surface area contributed by atoms with Gasteiger partial charge in [-0.2, -0.15) is 0 Å². The largest absolute Gasteiger partial charge is 0.497 e. The monoisotopic (exact) mass is 249 g/mol. The van der Waals surface area contributed by atoms with Crippen molar-refractivity contribution in [2.75, 3.05) is 13.7 Å². The fraction of sp³-hybridized carbons (Fsp3) is 0.385. The maximum Gasteiger partial charge on any atom is 0.407 e. The molecule has 1 aliphatic rings. The lowest BCUT2D eigenvalue weighted by molar-refractivity contribution is -0.111. The summed E-state index contributed by atoms with van der Waals surface area (Å²) in [5.41, 5.74) is 0.969. The van der Waals surface area contributed by atoms with Gasteiger partial charge < -0.3 is 14.6 Å². The van der Waals surface area contributed by atoms with Gasteiger partial charge in [0.2, 0.25) is 0 Å². The molecule has 18 heavy (non-hydrogen) atoms. The Morgan fingerprint density at radius 1 is 1.44 bits per heavy atom. The number of hydrogen-bond acceptors (Lipinski definition) is 3. The Bertz CT molecular complexity index is 443. The number of aldehydes is 1. The first-order valence-corrected chi connectivity index (χ1v) is 5.76. The Morgan fingerprint density at radius 2 is 2.11 bits per heavy atom. The normalized spacial score (nSPS) is 22.8. The molecule has 0 radical (unpaired) electrons. The number of likely N-dealkylation sites (tertiary alicyclic amines) is 1. The third-order valence-electron chi connectivity index (χ3n) is 3.38. The lowest BCUT2D eigenvalue weighted by Crippen LogP contribution is -2.37. The molecular weight excluding hydrogens is 234 g/mol. The molecule has 0 aromatic heterocycles. The van der Waals surface area contributed by atoms with Crippen LogP contribution in [0.1, 0.15) is 17.9 Å². The third-order valence-corrected chi connectivity index (χ3v) is 3.38. The highest BCUT2D eigenvalue weighted by Gasteiger charge is 2.37. The molecule has 1 amide bonds. The first kappa shape index (κ1) is 12.4. The molecule has 2 rings (SSSR count). The molecule has 0 unspecified atom stereocenters. The van der Waals surface area contributed by atoms with Crippen molar-refractivity contribution >= 4 is 12.4 Å². The molecule has 1 aliphatic heterocycles. The van der Waals surface area contributed by atoms with Crippen molar-refractivity contribution in [3.63, 3.8) is 0 Å². The van der Waals surface area contributed by atoms with Gasteiger partial charge in [-0.15, -0.1) is 0 Å². The van der Waals surface area contributed by atoms with Gasteiger partial charge >= 0.3 is 6.09 Å². The minimum Gasteiger partial charge on any atom is -0.497 e. The average Bonchev–Trinajstić information content (AvgIpc) is 2.82. The van der Waals surface area contributed by atoms with Gasteiger partial charge in [-0.25, -0.2) is 4.79 Å². The van der Waals surface area contributed by atoms with Crippen LogP contribution < -0.4 is 4.74 Å². The van der Waals surface area contributed by atoms with Crippen LogP contribution in [0.5, 0.6) is 5.75 Å². The van der Waals surface area contributed by atoms with Crippen LogP contribution in [0.4, 0.5) is 4.79 Å². The highest BCUT2D eigenvalue weighted by atomic mass is 16.5. The number of methoxy groups -OCH3 is 1. The van der Waals surface area contributed by atoms with Crippen LogP contribution in [0, 0.1) is 0 Å². The molecule has 96 valence electrons. The fourth-order valence-electron chi connectivity index (χ4n) is 2.42. The Morgan fingerprint density at radius 3 is 2.61 bits per heavy atom. The summed E-state index contributed by atoms with van der Waals surface area (Å²) in [4.78, 5) is 23.3. The predicted octanol–water partition coefficient (Wildman–Crippen LogP) is 1.73. The lowest BCUT2D eigenvalue weighted by atomic mass is 9.92. The second kappa shape index (κ2) is 5.08. The Balaban J connectivity index is 2.22. The summed E-state index contributed by atoms with van der Waals surface area (Å²) in [5, 5.41) is 9.01. The summed E-state index contributed by atoms with van der Waals surface area (Å²) < 4.78 is 5.07. The molecule has 1 saturated heterocycles. The van der Waals surface area contributed by atoms with Crippen LogP contribution in [0.2, 0.25) is 0 Å². The van der Waals surface area contributed by atoms with Crippen molar-refractivity contribution in [1.29, 1.82) is 0 Å². The number of rotatable bonds is 3. The van der Waals surface area contributed by atoms with Crippen molar-refractivity contribution in [1.82, 2.24) is 4.90 Å². The molecule has 2 atom stereocenters. The molecule has 0 aliphatic carbocycles. The summed E-state index contributed by atoms with van der Waals surface area (Å²) in [6.07, 6.45) is 0.348. The van der Waals surface area contributed by atoms with Crippen molar-refractivity contribution < 1.29 is 19.4 Å². The van der Waals surface area contributed by atoms with Gasteiger partial charge in [0, 0.05) is 12.5 Å². The number of carbonyl (C=O) groups is 2. The molecule has 5 nitrogen and oxygen atoms in total. The van der Waals surface area contributed by atoms with Crippen LogP contribution >= 0.6 is 0 Å². The quantitative estimate of drug-likeness (QED) is 0.828. The topological polar surface area (TPSA) is 66.8 Å². The van der Waals surface area contributed by atoms with Gasteiger partial charge in [0.05, 0.1) is 13.2 Å². The number of benzene rings is 1. The zero-order chi connectivity index (χ0) is 13.1. The minimum absolute atomic E-state index is 0.0653. The van der Waals surface area contributed by atoms with E-state index in [9.17, 15) is 9.59 Å². The summed E-state index contributed by atoms with van der Waals surface area (Å²) in [7, 11) is 1.59. The van der Waals surface area contributed by atoms with Crippen molar-refractivity contribution in [2.45, 2.75) is 18.4 Å². The number of hydrogen-bond donors (Lipinski definition) is 1. The van der Waals surface area contributed by atoms with Crippen LogP contribution in [-0.4, -0.2) is 42.1 Å². The zero-order valence-electron chi connectivity index (χ0n) is 10.1. The van der Waals surface area contributed by atoms with Gasteiger partial charge in [0.25, 0.3) is 0 Å². The molecule has 0 spiro atoms. The van der Waals surface area contributed by atoms with E-state index >= 15 is 0 Å². The first-order chi connectivity index (χ1) is 8.67. The number of carboxylic acid groups (broad SMARTS) is 1. The van der Waals surface area contributed by atoms with Gasteiger partial charge in [0.15, 0.2) is 0 Å². The van der Waals surface area contributed by atoms with E-state index in [-0.39, 0.29) is 5.92 Å². The highest BCUT2D eigenvalue weighted by molar-refractivity contribution is 5.73. The van der Waals surface area contributed by atoms with Crippen molar-refractivity contribution in [2.24, 2.45) is 0 Å². The SMILES string of the molecule is COc1ccc([C@H]2CCN(C(=O)O)[C@@H]2C=O)cc1. The van der Waals surface area contributed by atoms with Crippen LogP contribution in [0.3, 0.4) is 0 Å². The number of nitrogens with zero attached hydrogens (tertiary/aromatic N) is 1. The third kappa shape index (κ3) is 2.16. The van der Waals surface area contributed by atoms with E-state index in [1.54, 1.807) is 7.11 Å². The Hall–Kier alpha value is -2.04. The summed E-state index contributed by atoms with van der Waals surface area (Å²) in [6, 6.07) is 6.81. The fourth-order valence-corrected chi connectivity index (χ4v) is 2.42. The summed E-state index contributed by atoms with van der Waals surface area (Å²) in [5.74, 6) is 0.680. The molecule has 1 fully saturated rings. The van der Waals surface area contributed by atoms with E-state index in [0.29, 0.717) is 13.0 Å². The van der Waals surface area contributed by atoms with Crippen LogP contribution in [0.25, 0.3) is 0 Å². The molecule has 1 aromatic carbocycles. The maximum atomic E-state index is 11.1. The summed E-state index contributed by atoms with van der Waals surface area (Å²) in [6.45, 7) is 0.398. The van der Waals surface area contributed by atoms with Crippen molar-refractivity contribution in [3.8, 4) is 5.75 Å². The van der Waals surface area contributed by atoms with Gasteiger partial charge in [-0.1, -0.05) is 12.1 Å². The van der Waals surface area contributed by atoms with Crippen molar-refractivity contribution in [3.05, 3.63) is 29.8 Å². The van der Waals surface area contributed by atoms with E-state index in [4.69, 9.17) is 9.84 Å².